The van der Waals surface area contributed by atoms with Crippen LogP contribution in [0.4, 0.5) is 0 Å². The highest BCUT2D eigenvalue weighted by atomic mass is 16.4. The zero-order chi connectivity index (χ0) is 13.7. The fourth-order valence-corrected chi connectivity index (χ4v) is 2.29. The first-order chi connectivity index (χ1) is 9.18. The summed E-state index contributed by atoms with van der Waals surface area (Å²) in [4.78, 5) is 10.5. The van der Waals surface area contributed by atoms with Crippen LogP contribution in [0, 0.1) is 0 Å². The molecule has 0 amide bonds. The van der Waals surface area contributed by atoms with Gasteiger partial charge in [0.2, 0.25) is 0 Å². The Morgan fingerprint density at radius 1 is 1.05 bits per heavy atom. The summed E-state index contributed by atoms with van der Waals surface area (Å²) < 4.78 is 0. The molecule has 2 aromatic carbocycles. The van der Waals surface area contributed by atoms with E-state index in [-0.39, 0.29) is 0 Å². The summed E-state index contributed by atoms with van der Waals surface area (Å²) in [6.45, 7) is 0. The number of aliphatic hydroxyl groups is 1. The van der Waals surface area contributed by atoms with Gasteiger partial charge in [-0.1, -0.05) is 42.5 Å². The van der Waals surface area contributed by atoms with Crippen molar-refractivity contribution in [3.8, 4) is 0 Å². The number of unbranched alkanes of at least 4 members (excludes halogenated alkanes) is 1. The van der Waals surface area contributed by atoms with E-state index in [0.717, 1.165) is 19.3 Å². The van der Waals surface area contributed by atoms with Crippen molar-refractivity contribution in [3.05, 3.63) is 48.0 Å². The number of hydrogen-bond acceptors (Lipinski definition) is 2. The van der Waals surface area contributed by atoms with E-state index in [0.29, 0.717) is 6.42 Å². The Bertz CT molecular complexity index is 557. The standard InChI is InChI=1S/C16H18O3/c17-15(16(18)19)11-4-2-7-13-9-5-8-12-6-1-3-10-14(12)13/h1,3,5-6,8-10,15,17H,2,4,7,11H2,(H,18,19). The molecule has 0 fully saturated rings. The van der Waals surface area contributed by atoms with Gasteiger partial charge < -0.3 is 10.2 Å². The topological polar surface area (TPSA) is 57.5 Å². The third-order valence-corrected chi connectivity index (χ3v) is 3.34. The Hall–Kier alpha value is -1.87. The van der Waals surface area contributed by atoms with Gasteiger partial charge in [0, 0.05) is 0 Å². The van der Waals surface area contributed by atoms with Gasteiger partial charge in [0.1, 0.15) is 0 Å². The average molecular weight is 258 g/mol. The lowest BCUT2D eigenvalue weighted by Gasteiger charge is -2.07. The minimum absolute atomic E-state index is 0.320. The number of carboxylic acids is 1. The van der Waals surface area contributed by atoms with Crippen LogP contribution in [0.25, 0.3) is 10.8 Å². The number of benzene rings is 2. The van der Waals surface area contributed by atoms with Gasteiger partial charge in [0.15, 0.2) is 6.10 Å². The van der Waals surface area contributed by atoms with Gasteiger partial charge in [0.05, 0.1) is 0 Å². The molecule has 19 heavy (non-hydrogen) atoms. The van der Waals surface area contributed by atoms with Crippen LogP contribution in [0.2, 0.25) is 0 Å². The lowest BCUT2D eigenvalue weighted by Crippen LogP contribution is -2.18. The molecule has 0 saturated carbocycles. The van der Waals surface area contributed by atoms with E-state index in [1.807, 2.05) is 18.2 Å². The second kappa shape index (κ2) is 6.34. The van der Waals surface area contributed by atoms with Crippen molar-refractivity contribution < 1.29 is 15.0 Å². The van der Waals surface area contributed by atoms with Crippen LogP contribution >= 0.6 is 0 Å². The lowest BCUT2D eigenvalue weighted by atomic mass is 9.99. The minimum Gasteiger partial charge on any atom is -0.479 e. The van der Waals surface area contributed by atoms with Gasteiger partial charge in [-0.05, 0) is 42.0 Å². The molecule has 3 nitrogen and oxygen atoms in total. The van der Waals surface area contributed by atoms with E-state index in [4.69, 9.17) is 5.11 Å². The molecular weight excluding hydrogens is 240 g/mol. The summed E-state index contributed by atoms with van der Waals surface area (Å²) in [5.41, 5.74) is 1.28. The number of rotatable bonds is 6. The van der Waals surface area contributed by atoms with Gasteiger partial charge >= 0.3 is 5.97 Å². The summed E-state index contributed by atoms with van der Waals surface area (Å²) in [5, 5.41) is 20.3. The van der Waals surface area contributed by atoms with Crippen LogP contribution in [0.15, 0.2) is 42.5 Å². The van der Waals surface area contributed by atoms with Crippen molar-refractivity contribution in [2.75, 3.05) is 0 Å². The number of hydrogen-bond donors (Lipinski definition) is 2. The number of carboxylic acid groups (broad SMARTS) is 1. The second-order valence-corrected chi connectivity index (χ2v) is 4.74. The fraction of sp³-hybridized carbons (Fsp3) is 0.312. The minimum atomic E-state index is -1.23. The van der Waals surface area contributed by atoms with E-state index >= 15 is 0 Å². The van der Waals surface area contributed by atoms with E-state index in [9.17, 15) is 9.90 Å². The zero-order valence-corrected chi connectivity index (χ0v) is 10.7. The van der Waals surface area contributed by atoms with Gasteiger partial charge in [-0.3, -0.25) is 0 Å². The number of aliphatic carboxylic acids is 1. The summed E-state index contributed by atoms with van der Waals surface area (Å²) in [6.07, 6.45) is 1.61. The molecule has 0 radical (unpaired) electrons. The van der Waals surface area contributed by atoms with Crippen molar-refractivity contribution in [2.45, 2.75) is 31.8 Å². The van der Waals surface area contributed by atoms with Gasteiger partial charge in [-0.25, -0.2) is 4.79 Å². The first-order valence-electron chi connectivity index (χ1n) is 6.56. The highest BCUT2D eigenvalue weighted by Gasteiger charge is 2.11. The van der Waals surface area contributed by atoms with E-state index in [2.05, 4.69) is 24.3 Å². The molecule has 0 heterocycles. The molecule has 3 heteroatoms. The molecule has 0 aliphatic rings. The normalized spacial score (nSPS) is 12.5. The fourth-order valence-electron chi connectivity index (χ4n) is 2.29. The summed E-state index contributed by atoms with van der Waals surface area (Å²) in [6, 6.07) is 14.5. The number of fused-ring (bicyclic) bond motifs is 1. The zero-order valence-electron chi connectivity index (χ0n) is 10.7. The molecule has 0 saturated heterocycles. The first kappa shape index (κ1) is 13.6. The molecule has 1 atom stereocenters. The van der Waals surface area contributed by atoms with Gasteiger partial charge in [-0.15, -0.1) is 0 Å². The maximum atomic E-state index is 10.5. The van der Waals surface area contributed by atoms with Crippen molar-refractivity contribution in [3.63, 3.8) is 0 Å². The average Bonchev–Trinajstić information content (AvgIpc) is 2.43. The Morgan fingerprint density at radius 3 is 2.58 bits per heavy atom. The Morgan fingerprint density at radius 2 is 1.79 bits per heavy atom. The Kier molecular flexibility index (Phi) is 4.53. The SMILES string of the molecule is O=C(O)C(O)CCCCc1cccc2ccccc12. The molecule has 2 aromatic rings. The highest BCUT2D eigenvalue weighted by molar-refractivity contribution is 5.85. The third-order valence-electron chi connectivity index (χ3n) is 3.34. The maximum Gasteiger partial charge on any atom is 0.332 e. The summed E-state index contributed by atoms with van der Waals surface area (Å²) >= 11 is 0. The highest BCUT2D eigenvalue weighted by Crippen LogP contribution is 2.20. The third kappa shape index (κ3) is 3.55. The van der Waals surface area contributed by atoms with Crippen molar-refractivity contribution >= 4 is 16.7 Å². The van der Waals surface area contributed by atoms with Crippen LogP contribution in [0.3, 0.4) is 0 Å². The van der Waals surface area contributed by atoms with E-state index < -0.39 is 12.1 Å². The van der Waals surface area contributed by atoms with Crippen molar-refractivity contribution in [2.24, 2.45) is 0 Å². The maximum absolute atomic E-state index is 10.5. The van der Waals surface area contributed by atoms with Gasteiger partial charge in [-0.2, -0.15) is 0 Å². The lowest BCUT2D eigenvalue weighted by molar-refractivity contribution is -0.146. The number of aryl methyl sites for hydroxylation is 1. The molecular formula is C16H18O3. The molecule has 1 unspecified atom stereocenters. The van der Waals surface area contributed by atoms with Crippen LogP contribution in [0.5, 0.6) is 0 Å². The molecule has 0 aliphatic heterocycles. The summed E-state index contributed by atoms with van der Waals surface area (Å²) in [7, 11) is 0. The van der Waals surface area contributed by atoms with E-state index in [1.54, 1.807) is 0 Å². The molecule has 0 aliphatic carbocycles. The van der Waals surface area contributed by atoms with Crippen LogP contribution < -0.4 is 0 Å². The number of aliphatic hydroxyl groups excluding tert-OH is 1. The second-order valence-electron chi connectivity index (χ2n) is 4.74. The first-order valence-corrected chi connectivity index (χ1v) is 6.56. The van der Waals surface area contributed by atoms with Crippen LogP contribution in [-0.4, -0.2) is 22.3 Å². The van der Waals surface area contributed by atoms with Crippen molar-refractivity contribution in [1.29, 1.82) is 0 Å². The quantitative estimate of drug-likeness (QED) is 0.783. The van der Waals surface area contributed by atoms with E-state index in [1.165, 1.54) is 16.3 Å². The predicted octanol–water partition coefficient (Wildman–Crippen LogP) is 3.00. The van der Waals surface area contributed by atoms with Crippen LogP contribution in [0.1, 0.15) is 24.8 Å². The Balaban J connectivity index is 1.93. The largest absolute Gasteiger partial charge is 0.479 e. The molecule has 0 spiro atoms. The smallest absolute Gasteiger partial charge is 0.332 e. The summed E-state index contributed by atoms with van der Waals surface area (Å²) in [5.74, 6) is -1.13. The Labute approximate surface area is 112 Å². The molecule has 2 N–H and O–H groups in total. The molecule has 0 bridgehead atoms. The molecule has 100 valence electrons. The number of carbonyl (C=O) groups is 1. The predicted molar refractivity (Wildman–Crippen MR) is 75.1 cm³/mol. The van der Waals surface area contributed by atoms with Crippen molar-refractivity contribution in [1.82, 2.24) is 0 Å². The van der Waals surface area contributed by atoms with Crippen LogP contribution in [-0.2, 0) is 11.2 Å². The monoisotopic (exact) mass is 258 g/mol. The van der Waals surface area contributed by atoms with Gasteiger partial charge in [0.25, 0.3) is 0 Å². The molecule has 2 rings (SSSR count). The molecule has 0 aromatic heterocycles.